The lowest BCUT2D eigenvalue weighted by atomic mass is 9.91. The number of nitrogens with zero attached hydrogens (tertiary/aromatic N) is 5. The van der Waals surface area contributed by atoms with Crippen LogP contribution in [0.4, 0.5) is 0 Å². The van der Waals surface area contributed by atoms with Gasteiger partial charge in [-0.2, -0.15) is 0 Å². The summed E-state index contributed by atoms with van der Waals surface area (Å²) in [5, 5.41) is 4.89. The molecule has 9 aromatic carbocycles. The standard InChI is InChI=1S/C62H39N5S/c1-6-18-40(19-7-1)44-30-32-47(41-20-8-2-9-21-41)50(36-44)54-38-51(62-65-60(42-22-10-3-11-23-42)64-61(66-62)43-24-12-4-13-25-43)53(39-63-54)45-31-34-56-52(37-45)58-57(68-56)35-33-49-48-28-16-17-29-55(48)67(59(49)58)46-26-14-5-15-27-46/h1-39H. The molecule has 13 rings (SSSR count). The Morgan fingerprint density at radius 2 is 0.912 bits per heavy atom. The van der Waals surface area contributed by atoms with Gasteiger partial charge in [-0.05, 0) is 76.3 Å². The fourth-order valence-electron chi connectivity index (χ4n) is 9.71. The lowest BCUT2D eigenvalue weighted by molar-refractivity contribution is 1.07. The van der Waals surface area contributed by atoms with Gasteiger partial charge in [0.2, 0.25) is 0 Å². The average molecular weight is 886 g/mol. The minimum atomic E-state index is 0.568. The molecule has 6 heteroatoms. The topological polar surface area (TPSA) is 56.5 Å². The molecule has 0 aliphatic heterocycles. The maximum atomic E-state index is 5.38. The molecule has 0 saturated carbocycles. The molecule has 68 heavy (non-hydrogen) atoms. The molecule has 0 amide bonds. The summed E-state index contributed by atoms with van der Waals surface area (Å²) >= 11 is 1.83. The number of para-hydroxylation sites is 2. The summed E-state index contributed by atoms with van der Waals surface area (Å²) in [6.45, 7) is 0. The zero-order valence-corrected chi connectivity index (χ0v) is 37.5. The van der Waals surface area contributed by atoms with Crippen LogP contribution in [-0.2, 0) is 0 Å². The van der Waals surface area contributed by atoms with Crippen LogP contribution in [0.25, 0.3) is 126 Å². The Balaban J connectivity index is 1.09. The van der Waals surface area contributed by atoms with E-state index < -0.39 is 0 Å². The third-order valence-electron chi connectivity index (χ3n) is 12.9. The van der Waals surface area contributed by atoms with Gasteiger partial charge in [-0.1, -0.05) is 182 Å². The van der Waals surface area contributed by atoms with Crippen LogP contribution in [0.3, 0.4) is 0 Å². The molecule has 0 unspecified atom stereocenters. The van der Waals surface area contributed by atoms with Crippen molar-refractivity contribution in [1.82, 2.24) is 24.5 Å². The molecule has 0 spiro atoms. The van der Waals surface area contributed by atoms with Crippen LogP contribution in [0, 0.1) is 0 Å². The summed E-state index contributed by atoms with van der Waals surface area (Å²) in [6, 6.07) is 81.2. The van der Waals surface area contributed by atoms with Crippen LogP contribution in [0.15, 0.2) is 237 Å². The minimum absolute atomic E-state index is 0.568. The summed E-state index contributed by atoms with van der Waals surface area (Å²) in [5.74, 6) is 1.77. The Morgan fingerprint density at radius 3 is 1.60 bits per heavy atom. The van der Waals surface area contributed by atoms with E-state index in [1.165, 1.54) is 42.0 Å². The van der Waals surface area contributed by atoms with Crippen LogP contribution < -0.4 is 0 Å². The summed E-state index contributed by atoms with van der Waals surface area (Å²) in [6.07, 6.45) is 2.02. The van der Waals surface area contributed by atoms with Gasteiger partial charge in [0.15, 0.2) is 17.5 Å². The van der Waals surface area contributed by atoms with E-state index in [1.807, 2.05) is 53.9 Å². The first kappa shape index (κ1) is 39.5. The molecular weight excluding hydrogens is 847 g/mol. The molecule has 0 N–H and O–H groups in total. The van der Waals surface area contributed by atoms with Crippen molar-refractivity contribution in [2.24, 2.45) is 0 Å². The van der Waals surface area contributed by atoms with Crippen molar-refractivity contribution in [1.29, 1.82) is 0 Å². The van der Waals surface area contributed by atoms with E-state index in [2.05, 4.69) is 199 Å². The number of pyridine rings is 1. The highest BCUT2D eigenvalue weighted by Gasteiger charge is 2.22. The van der Waals surface area contributed by atoms with E-state index in [9.17, 15) is 0 Å². The van der Waals surface area contributed by atoms with Gasteiger partial charge in [-0.25, -0.2) is 15.0 Å². The monoisotopic (exact) mass is 885 g/mol. The van der Waals surface area contributed by atoms with Crippen molar-refractivity contribution >= 4 is 53.3 Å². The highest BCUT2D eigenvalue weighted by Crippen LogP contribution is 2.46. The van der Waals surface area contributed by atoms with Gasteiger partial charge in [0.25, 0.3) is 0 Å². The van der Waals surface area contributed by atoms with Gasteiger partial charge in [-0.15, -0.1) is 11.3 Å². The first-order valence-electron chi connectivity index (χ1n) is 22.8. The second-order valence-corrected chi connectivity index (χ2v) is 18.1. The molecule has 0 aliphatic carbocycles. The van der Waals surface area contributed by atoms with Crippen LogP contribution in [0.2, 0.25) is 0 Å². The summed E-state index contributed by atoms with van der Waals surface area (Å²) in [4.78, 5) is 21.1. The van der Waals surface area contributed by atoms with E-state index in [-0.39, 0.29) is 0 Å². The quantitative estimate of drug-likeness (QED) is 0.153. The highest BCUT2D eigenvalue weighted by molar-refractivity contribution is 7.26. The van der Waals surface area contributed by atoms with Crippen molar-refractivity contribution in [2.45, 2.75) is 0 Å². The van der Waals surface area contributed by atoms with E-state index in [0.717, 1.165) is 67.0 Å². The van der Waals surface area contributed by atoms with Gasteiger partial charge < -0.3 is 4.57 Å². The van der Waals surface area contributed by atoms with Crippen LogP contribution >= 0.6 is 11.3 Å². The number of hydrogen-bond donors (Lipinski definition) is 0. The van der Waals surface area contributed by atoms with Gasteiger partial charge in [0.1, 0.15) is 0 Å². The molecule has 4 aromatic heterocycles. The zero-order valence-electron chi connectivity index (χ0n) is 36.7. The minimum Gasteiger partial charge on any atom is -0.309 e. The molecule has 0 saturated heterocycles. The fourth-order valence-corrected chi connectivity index (χ4v) is 10.8. The highest BCUT2D eigenvalue weighted by atomic mass is 32.1. The molecule has 0 atom stereocenters. The number of thiophene rings is 1. The first-order valence-corrected chi connectivity index (χ1v) is 23.6. The lowest BCUT2D eigenvalue weighted by Crippen LogP contribution is -2.02. The second kappa shape index (κ2) is 16.5. The molecule has 5 nitrogen and oxygen atoms in total. The van der Waals surface area contributed by atoms with Crippen molar-refractivity contribution in [3.63, 3.8) is 0 Å². The Labute approximate surface area is 397 Å². The van der Waals surface area contributed by atoms with Crippen molar-refractivity contribution in [3.05, 3.63) is 237 Å². The number of rotatable bonds is 8. The van der Waals surface area contributed by atoms with E-state index >= 15 is 0 Å². The Kier molecular flexibility index (Phi) is 9.62. The van der Waals surface area contributed by atoms with Crippen LogP contribution in [0.5, 0.6) is 0 Å². The predicted molar refractivity (Wildman–Crippen MR) is 283 cm³/mol. The third kappa shape index (κ3) is 6.86. The molecule has 0 fully saturated rings. The fraction of sp³-hybridized carbons (Fsp3) is 0. The van der Waals surface area contributed by atoms with Gasteiger partial charge in [0, 0.05) is 70.6 Å². The Hall–Kier alpha value is -8.84. The molecule has 0 bridgehead atoms. The van der Waals surface area contributed by atoms with Crippen molar-refractivity contribution in [3.8, 4) is 84.5 Å². The molecule has 0 aliphatic rings. The number of aromatic nitrogens is 5. The summed E-state index contributed by atoms with van der Waals surface area (Å²) < 4.78 is 4.89. The summed E-state index contributed by atoms with van der Waals surface area (Å²) in [5.41, 5.74) is 14.4. The maximum absolute atomic E-state index is 5.38. The number of fused-ring (bicyclic) bond motifs is 7. The van der Waals surface area contributed by atoms with Crippen LogP contribution in [-0.4, -0.2) is 24.5 Å². The first-order chi connectivity index (χ1) is 33.7. The van der Waals surface area contributed by atoms with E-state index in [1.54, 1.807) is 0 Å². The van der Waals surface area contributed by atoms with Gasteiger partial charge in [0.05, 0.1) is 16.7 Å². The largest absolute Gasteiger partial charge is 0.309 e. The van der Waals surface area contributed by atoms with Crippen molar-refractivity contribution < 1.29 is 0 Å². The Bertz CT molecular complexity index is 3940. The SMILES string of the molecule is c1ccc(-c2ccc(-c3ccccc3)c(-c3cc(-c4nc(-c5ccccc5)nc(-c5ccccc5)n4)c(-c4ccc5sc6ccc7c8ccccc8n(-c8ccccc8)c7c6c5c4)cn3)c2)cc1. The number of benzene rings is 9. The molecule has 13 aromatic rings. The second-order valence-electron chi connectivity index (χ2n) is 17.0. The van der Waals surface area contributed by atoms with E-state index in [0.29, 0.717) is 17.5 Å². The van der Waals surface area contributed by atoms with Crippen molar-refractivity contribution in [2.75, 3.05) is 0 Å². The predicted octanol–water partition coefficient (Wildman–Crippen LogP) is 16.4. The van der Waals surface area contributed by atoms with Gasteiger partial charge in [-0.3, -0.25) is 4.98 Å². The maximum Gasteiger partial charge on any atom is 0.164 e. The average Bonchev–Trinajstić information content (AvgIpc) is 3.97. The molecular formula is C62H39N5S. The lowest BCUT2D eigenvalue weighted by Gasteiger charge is -2.16. The molecule has 4 heterocycles. The Morgan fingerprint density at radius 1 is 0.338 bits per heavy atom. The number of hydrogen-bond acceptors (Lipinski definition) is 5. The normalized spacial score (nSPS) is 11.5. The third-order valence-corrected chi connectivity index (χ3v) is 14.1. The smallest absolute Gasteiger partial charge is 0.164 e. The molecule has 318 valence electrons. The van der Waals surface area contributed by atoms with Crippen LogP contribution in [0.1, 0.15) is 0 Å². The van der Waals surface area contributed by atoms with E-state index in [4.69, 9.17) is 19.9 Å². The summed E-state index contributed by atoms with van der Waals surface area (Å²) in [7, 11) is 0. The zero-order chi connectivity index (χ0) is 45.0. The molecule has 0 radical (unpaired) electrons. The van der Waals surface area contributed by atoms with Gasteiger partial charge >= 0.3 is 0 Å².